The van der Waals surface area contributed by atoms with Gasteiger partial charge in [-0.05, 0) is 24.3 Å². The van der Waals surface area contributed by atoms with Crippen LogP contribution in [0, 0.1) is 0 Å². The van der Waals surface area contributed by atoms with Crippen LogP contribution in [0.4, 0.5) is 0 Å². The maximum Gasteiger partial charge on any atom is 0.336 e. The molecule has 0 saturated heterocycles. The zero-order valence-corrected chi connectivity index (χ0v) is 11.4. The number of carbonyl (C=O) groups is 2. The molecule has 1 aromatic heterocycles. The molecule has 0 amide bonds. The fourth-order valence-corrected chi connectivity index (χ4v) is 1.66. The molecule has 0 N–H and O–H groups in total. The minimum absolute atomic E-state index is 0.0435. The summed E-state index contributed by atoms with van der Waals surface area (Å²) in [6.07, 6.45) is 4.32. The summed E-state index contributed by atoms with van der Waals surface area (Å²) in [6.45, 7) is 0. The fourth-order valence-electron chi connectivity index (χ4n) is 1.66. The second kappa shape index (κ2) is 7.09. The quantitative estimate of drug-likeness (QED) is 0.480. The van der Waals surface area contributed by atoms with Crippen molar-refractivity contribution in [2.75, 3.05) is 7.11 Å². The summed E-state index contributed by atoms with van der Waals surface area (Å²) < 4.78 is 14.9. The van der Waals surface area contributed by atoms with Gasteiger partial charge in [0.1, 0.15) is 11.5 Å². The van der Waals surface area contributed by atoms with Crippen molar-refractivity contribution < 1.29 is 23.5 Å². The summed E-state index contributed by atoms with van der Waals surface area (Å²) in [5.41, 5.74) is 0.587. The van der Waals surface area contributed by atoms with Gasteiger partial charge in [0.2, 0.25) is 0 Å². The van der Waals surface area contributed by atoms with Gasteiger partial charge in [-0.1, -0.05) is 18.2 Å². The van der Waals surface area contributed by atoms with Gasteiger partial charge < -0.3 is 13.9 Å². The largest absolute Gasteiger partial charge is 0.469 e. The third-order valence-corrected chi connectivity index (χ3v) is 2.67. The number of ether oxygens (including phenoxy) is 2. The van der Waals surface area contributed by atoms with Gasteiger partial charge in [-0.15, -0.1) is 0 Å². The van der Waals surface area contributed by atoms with Crippen molar-refractivity contribution in [2.45, 2.75) is 6.42 Å². The Hall–Kier alpha value is -2.82. The van der Waals surface area contributed by atoms with Crippen LogP contribution in [-0.2, 0) is 20.7 Å². The number of rotatable bonds is 5. The molecule has 2 aromatic rings. The number of benzene rings is 1. The van der Waals surface area contributed by atoms with Crippen LogP contribution in [0.25, 0.3) is 6.08 Å². The highest BCUT2D eigenvalue weighted by Gasteiger charge is 2.10. The van der Waals surface area contributed by atoms with Crippen LogP contribution in [0.5, 0.6) is 5.75 Å². The van der Waals surface area contributed by atoms with Crippen LogP contribution in [-0.4, -0.2) is 19.0 Å². The van der Waals surface area contributed by atoms with Crippen molar-refractivity contribution in [3.05, 3.63) is 60.1 Å². The van der Waals surface area contributed by atoms with E-state index in [4.69, 9.17) is 9.15 Å². The Labute approximate surface area is 121 Å². The molecule has 0 aliphatic heterocycles. The van der Waals surface area contributed by atoms with Crippen LogP contribution in [0.15, 0.2) is 53.2 Å². The Kier molecular flexibility index (Phi) is 4.93. The Morgan fingerprint density at radius 2 is 2.00 bits per heavy atom. The van der Waals surface area contributed by atoms with E-state index in [2.05, 4.69) is 4.74 Å². The minimum atomic E-state index is -0.552. The third-order valence-electron chi connectivity index (χ3n) is 2.67. The molecule has 0 aliphatic carbocycles. The van der Waals surface area contributed by atoms with E-state index in [1.807, 2.05) is 0 Å². The van der Waals surface area contributed by atoms with Gasteiger partial charge in [-0.25, -0.2) is 4.79 Å². The van der Waals surface area contributed by atoms with Gasteiger partial charge >= 0.3 is 11.9 Å². The van der Waals surface area contributed by atoms with E-state index >= 15 is 0 Å². The van der Waals surface area contributed by atoms with Gasteiger partial charge in [0.05, 0.1) is 19.8 Å². The molecule has 0 bridgehead atoms. The third kappa shape index (κ3) is 4.35. The summed E-state index contributed by atoms with van der Waals surface area (Å²) in [5, 5.41) is 0. The number of para-hydroxylation sites is 1. The van der Waals surface area contributed by atoms with E-state index in [1.54, 1.807) is 36.4 Å². The topological polar surface area (TPSA) is 65.7 Å². The molecular formula is C16H14O5. The van der Waals surface area contributed by atoms with E-state index in [0.717, 1.165) is 0 Å². The molecule has 108 valence electrons. The molecule has 5 nitrogen and oxygen atoms in total. The number of carbonyl (C=O) groups excluding carboxylic acids is 2. The lowest BCUT2D eigenvalue weighted by atomic mass is 10.1. The maximum atomic E-state index is 11.7. The molecule has 1 aromatic carbocycles. The van der Waals surface area contributed by atoms with Crippen LogP contribution in [0.2, 0.25) is 0 Å². The predicted molar refractivity (Wildman–Crippen MR) is 75.5 cm³/mol. The average Bonchev–Trinajstić information content (AvgIpc) is 3.00. The molecule has 0 spiro atoms. The molecule has 0 unspecified atom stereocenters. The Morgan fingerprint density at radius 1 is 1.19 bits per heavy atom. The summed E-state index contributed by atoms with van der Waals surface area (Å²) in [7, 11) is 1.31. The highest BCUT2D eigenvalue weighted by Crippen LogP contribution is 2.19. The molecule has 5 heteroatoms. The first-order valence-corrected chi connectivity index (χ1v) is 6.27. The lowest BCUT2D eigenvalue weighted by molar-refractivity contribution is -0.140. The Balaban J connectivity index is 2.05. The fraction of sp³-hybridized carbons (Fsp3) is 0.125. The Morgan fingerprint density at radius 3 is 2.71 bits per heavy atom. The molecule has 0 atom stereocenters. The van der Waals surface area contributed by atoms with Crippen LogP contribution >= 0.6 is 0 Å². The molecule has 0 saturated carbocycles. The number of hydrogen-bond donors (Lipinski definition) is 0. The molecule has 0 radical (unpaired) electrons. The van der Waals surface area contributed by atoms with Crippen molar-refractivity contribution in [2.24, 2.45) is 0 Å². The van der Waals surface area contributed by atoms with Gasteiger partial charge in [0.25, 0.3) is 0 Å². The molecule has 21 heavy (non-hydrogen) atoms. The first-order valence-electron chi connectivity index (χ1n) is 6.27. The number of methoxy groups -OCH3 is 1. The van der Waals surface area contributed by atoms with E-state index in [1.165, 1.54) is 25.5 Å². The lowest BCUT2D eigenvalue weighted by Crippen LogP contribution is -2.09. The summed E-state index contributed by atoms with van der Waals surface area (Å²) in [5.74, 6) is -0.0693. The summed E-state index contributed by atoms with van der Waals surface area (Å²) in [6, 6.07) is 10.2. The maximum absolute atomic E-state index is 11.7. The highest BCUT2D eigenvalue weighted by atomic mass is 16.5. The van der Waals surface area contributed by atoms with Crippen LogP contribution in [0.3, 0.4) is 0 Å². The number of furan rings is 1. The molecule has 0 aliphatic rings. The predicted octanol–water partition coefficient (Wildman–Crippen LogP) is 2.61. The zero-order chi connectivity index (χ0) is 15.1. The standard InChI is InChI=1S/C16H14O5/c1-19-16(18)11-12-5-2-3-7-14(12)21-15(17)9-8-13-6-4-10-20-13/h2-10H,11H2,1H3/b9-8+. The summed E-state index contributed by atoms with van der Waals surface area (Å²) >= 11 is 0. The normalized spacial score (nSPS) is 10.5. The van der Waals surface area contributed by atoms with Crippen LogP contribution < -0.4 is 4.74 Å². The zero-order valence-electron chi connectivity index (χ0n) is 11.4. The second-order valence-electron chi connectivity index (χ2n) is 4.13. The lowest BCUT2D eigenvalue weighted by Gasteiger charge is -2.07. The monoisotopic (exact) mass is 286 g/mol. The van der Waals surface area contributed by atoms with Crippen molar-refractivity contribution >= 4 is 18.0 Å². The highest BCUT2D eigenvalue weighted by molar-refractivity contribution is 5.88. The summed E-state index contributed by atoms with van der Waals surface area (Å²) in [4.78, 5) is 23.1. The second-order valence-corrected chi connectivity index (χ2v) is 4.13. The molecule has 2 rings (SSSR count). The SMILES string of the molecule is COC(=O)Cc1ccccc1OC(=O)/C=C/c1ccco1. The van der Waals surface area contributed by atoms with Crippen LogP contribution in [0.1, 0.15) is 11.3 Å². The smallest absolute Gasteiger partial charge is 0.336 e. The van der Waals surface area contributed by atoms with Gasteiger partial charge in [0.15, 0.2) is 0 Å². The van der Waals surface area contributed by atoms with Crippen molar-refractivity contribution in [1.82, 2.24) is 0 Å². The first kappa shape index (κ1) is 14.6. The van der Waals surface area contributed by atoms with E-state index in [9.17, 15) is 9.59 Å². The Bertz CT molecular complexity index is 640. The minimum Gasteiger partial charge on any atom is -0.469 e. The van der Waals surface area contributed by atoms with E-state index in [0.29, 0.717) is 17.1 Å². The first-order chi connectivity index (χ1) is 10.2. The molecule has 0 fully saturated rings. The van der Waals surface area contributed by atoms with Crippen molar-refractivity contribution in [3.8, 4) is 5.75 Å². The van der Waals surface area contributed by atoms with Gasteiger partial charge in [-0.3, -0.25) is 4.79 Å². The van der Waals surface area contributed by atoms with E-state index in [-0.39, 0.29) is 6.42 Å². The average molecular weight is 286 g/mol. The van der Waals surface area contributed by atoms with Gasteiger partial charge in [0, 0.05) is 11.6 Å². The van der Waals surface area contributed by atoms with Crippen molar-refractivity contribution in [1.29, 1.82) is 0 Å². The van der Waals surface area contributed by atoms with E-state index < -0.39 is 11.9 Å². The number of hydrogen-bond acceptors (Lipinski definition) is 5. The molecular weight excluding hydrogens is 272 g/mol. The van der Waals surface area contributed by atoms with Gasteiger partial charge in [-0.2, -0.15) is 0 Å². The number of esters is 2. The van der Waals surface area contributed by atoms with Crippen molar-refractivity contribution in [3.63, 3.8) is 0 Å². The molecule has 1 heterocycles.